The molecule has 6 heteroatoms. The number of anilines is 1. The van der Waals surface area contributed by atoms with E-state index in [0.29, 0.717) is 11.4 Å². The van der Waals surface area contributed by atoms with Gasteiger partial charge in [0.2, 0.25) is 5.91 Å². The van der Waals surface area contributed by atoms with Crippen LogP contribution in [-0.4, -0.2) is 23.6 Å². The Labute approximate surface area is 127 Å². The van der Waals surface area contributed by atoms with Gasteiger partial charge in [0, 0.05) is 11.8 Å². The van der Waals surface area contributed by atoms with Crippen LogP contribution in [0.4, 0.5) is 5.69 Å². The molecule has 0 bridgehead atoms. The third-order valence-electron chi connectivity index (χ3n) is 3.18. The molecule has 0 aliphatic carbocycles. The molecule has 0 atom stereocenters. The molecular formula is C16H16N2O4. The minimum Gasteiger partial charge on any atom is -0.465 e. The van der Waals surface area contributed by atoms with E-state index >= 15 is 0 Å². The summed E-state index contributed by atoms with van der Waals surface area (Å²) in [6.07, 6.45) is 0. The second-order valence-electron chi connectivity index (χ2n) is 4.68. The molecule has 6 nitrogen and oxygen atoms in total. The van der Waals surface area contributed by atoms with Crippen molar-refractivity contribution in [3.05, 3.63) is 64.1 Å². The first-order chi connectivity index (χ1) is 10.5. The van der Waals surface area contributed by atoms with Gasteiger partial charge in [-0.2, -0.15) is 0 Å². The summed E-state index contributed by atoms with van der Waals surface area (Å²) >= 11 is 0. The smallest absolute Gasteiger partial charge is 0.339 e. The molecule has 2 rings (SSSR count). The molecule has 0 saturated heterocycles. The average molecular weight is 300 g/mol. The highest BCUT2D eigenvalue weighted by molar-refractivity contribution is 6.01. The first-order valence-electron chi connectivity index (χ1n) is 6.66. The number of methoxy groups -OCH3 is 1. The number of hydrogen-bond acceptors (Lipinski definition) is 4. The Morgan fingerprint density at radius 1 is 1.14 bits per heavy atom. The second-order valence-corrected chi connectivity index (χ2v) is 4.68. The molecule has 0 saturated carbocycles. The zero-order valence-corrected chi connectivity index (χ0v) is 12.3. The molecule has 0 spiro atoms. The zero-order valence-electron chi connectivity index (χ0n) is 12.3. The number of pyridine rings is 1. The van der Waals surface area contributed by atoms with Gasteiger partial charge >= 0.3 is 5.97 Å². The number of benzene rings is 1. The predicted molar refractivity (Wildman–Crippen MR) is 81.9 cm³/mol. The van der Waals surface area contributed by atoms with E-state index in [2.05, 4.69) is 10.1 Å². The van der Waals surface area contributed by atoms with E-state index < -0.39 is 11.9 Å². The molecule has 114 valence electrons. The maximum absolute atomic E-state index is 12.1. The van der Waals surface area contributed by atoms with Gasteiger partial charge in [0.05, 0.1) is 18.4 Å². The van der Waals surface area contributed by atoms with Crippen LogP contribution in [0.1, 0.15) is 16.1 Å². The van der Waals surface area contributed by atoms with Gasteiger partial charge in [0.15, 0.2) is 0 Å². The summed E-state index contributed by atoms with van der Waals surface area (Å²) in [6, 6.07) is 11.3. The first kappa shape index (κ1) is 15.5. The third-order valence-corrected chi connectivity index (χ3v) is 3.18. The second kappa shape index (κ2) is 6.71. The van der Waals surface area contributed by atoms with Gasteiger partial charge in [-0.3, -0.25) is 9.59 Å². The van der Waals surface area contributed by atoms with Crippen LogP contribution in [-0.2, 0) is 16.1 Å². The molecule has 1 heterocycles. The summed E-state index contributed by atoms with van der Waals surface area (Å²) in [5.41, 5.74) is 1.04. The molecule has 22 heavy (non-hydrogen) atoms. The Balaban J connectivity index is 2.20. The van der Waals surface area contributed by atoms with Crippen LogP contribution < -0.4 is 10.9 Å². The molecule has 1 amide bonds. The summed E-state index contributed by atoms with van der Waals surface area (Å²) in [7, 11) is 1.27. The summed E-state index contributed by atoms with van der Waals surface area (Å²) in [5.74, 6) is -0.934. The van der Waals surface area contributed by atoms with Crippen LogP contribution >= 0.6 is 0 Å². The number of aryl methyl sites for hydroxylation is 1. The van der Waals surface area contributed by atoms with Gasteiger partial charge in [-0.25, -0.2) is 4.79 Å². The lowest BCUT2D eigenvalue weighted by atomic mass is 10.2. The molecular weight excluding hydrogens is 284 g/mol. The number of para-hydroxylation sites is 1. The Bertz CT molecular complexity index is 765. The molecule has 1 aromatic carbocycles. The Morgan fingerprint density at radius 2 is 1.86 bits per heavy atom. The molecule has 1 aromatic heterocycles. The Morgan fingerprint density at radius 3 is 2.55 bits per heavy atom. The van der Waals surface area contributed by atoms with Crippen molar-refractivity contribution < 1.29 is 14.3 Å². The van der Waals surface area contributed by atoms with Crippen LogP contribution in [0.5, 0.6) is 0 Å². The van der Waals surface area contributed by atoms with E-state index in [9.17, 15) is 14.4 Å². The van der Waals surface area contributed by atoms with Gasteiger partial charge in [-0.1, -0.05) is 18.2 Å². The lowest BCUT2D eigenvalue weighted by molar-refractivity contribution is -0.116. The van der Waals surface area contributed by atoms with Crippen molar-refractivity contribution in [3.63, 3.8) is 0 Å². The van der Waals surface area contributed by atoms with Crippen molar-refractivity contribution in [2.45, 2.75) is 13.5 Å². The standard InChI is InChI=1S/C16H16N2O4/c1-11-6-5-9-15(20)18(11)10-14(19)17-13-8-4-3-7-12(13)16(21)22-2/h3-9H,10H2,1-2H3,(H,17,19). The zero-order chi connectivity index (χ0) is 16.1. The van der Waals surface area contributed by atoms with Crippen LogP contribution in [0.3, 0.4) is 0 Å². The van der Waals surface area contributed by atoms with Crippen LogP contribution in [0.25, 0.3) is 0 Å². The lowest BCUT2D eigenvalue weighted by Gasteiger charge is -2.12. The number of hydrogen-bond donors (Lipinski definition) is 1. The van der Waals surface area contributed by atoms with E-state index in [1.54, 1.807) is 43.3 Å². The summed E-state index contributed by atoms with van der Waals surface area (Å²) in [6.45, 7) is 1.62. The van der Waals surface area contributed by atoms with E-state index in [1.165, 1.54) is 17.7 Å². The van der Waals surface area contributed by atoms with Gasteiger partial charge in [-0.15, -0.1) is 0 Å². The van der Waals surface area contributed by atoms with E-state index in [1.807, 2.05) is 0 Å². The molecule has 2 aromatic rings. The fourth-order valence-corrected chi connectivity index (χ4v) is 2.04. The Hall–Kier alpha value is -2.89. The molecule has 0 fully saturated rings. The average Bonchev–Trinajstić information content (AvgIpc) is 2.51. The number of aromatic nitrogens is 1. The minimum absolute atomic E-state index is 0.124. The number of rotatable bonds is 4. The number of nitrogens with zero attached hydrogens (tertiary/aromatic N) is 1. The van der Waals surface area contributed by atoms with Crippen molar-refractivity contribution in [1.29, 1.82) is 0 Å². The number of amides is 1. The van der Waals surface area contributed by atoms with Gasteiger partial charge in [-0.05, 0) is 25.1 Å². The third kappa shape index (κ3) is 3.41. The fraction of sp³-hybridized carbons (Fsp3) is 0.188. The maximum Gasteiger partial charge on any atom is 0.339 e. The predicted octanol–water partition coefficient (Wildman–Crippen LogP) is 1.58. The van der Waals surface area contributed by atoms with E-state index in [0.717, 1.165) is 0 Å². The topological polar surface area (TPSA) is 77.4 Å². The normalized spacial score (nSPS) is 10.1. The van der Waals surface area contributed by atoms with Crippen molar-refractivity contribution in [3.8, 4) is 0 Å². The molecule has 0 aliphatic rings. The van der Waals surface area contributed by atoms with Crippen LogP contribution in [0, 0.1) is 6.92 Å². The SMILES string of the molecule is COC(=O)c1ccccc1NC(=O)Cn1c(C)cccc1=O. The molecule has 0 radical (unpaired) electrons. The summed E-state index contributed by atoms with van der Waals surface area (Å²) in [4.78, 5) is 35.5. The number of carbonyl (C=O) groups excluding carboxylic acids is 2. The van der Waals surface area contributed by atoms with Gasteiger partial charge < -0.3 is 14.6 Å². The summed E-state index contributed by atoms with van der Waals surface area (Å²) < 4.78 is 6.03. The maximum atomic E-state index is 12.1. The van der Waals surface area contributed by atoms with Crippen molar-refractivity contribution in [1.82, 2.24) is 4.57 Å². The number of carbonyl (C=O) groups is 2. The lowest BCUT2D eigenvalue weighted by Crippen LogP contribution is -2.28. The van der Waals surface area contributed by atoms with Crippen molar-refractivity contribution >= 4 is 17.6 Å². The van der Waals surface area contributed by atoms with Crippen LogP contribution in [0.2, 0.25) is 0 Å². The van der Waals surface area contributed by atoms with Gasteiger partial charge in [0.1, 0.15) is 6.54 Å². The highest BCUT2D eigenvalue weighted by atomic mass is 16.5. The van der Waals surface area contributed by atoms with Crippen molar-refractivity contribution in [2.75, 3.05) is 12.4 Å². The van der Waals surface area contributed by atoms with E-state index in [-0.39, 0.29) is 17.7 Å². The summed E-state index contributed by atoms with van der Waals surface area (Å²) in [5, 5.41) is 2.63. The minimum atomic E-state index is -0.538. The monoisotopic (exact) mass is 300 g/mol. The Kier molecular flexibility index (Phi) is 4.73. The molecule has 0 unspecified atom stereocenters. The fourth-order valence-electron chi connectivity index (χ4n) is 2.04. The molecule has 1 N–H and O–H groups in total. The quantitative estimate of drug-likeness (QED) is 0.870. The number of esters is 1. The first-order valence-corrected chi connectivity index (χ1v) is 6.66. The van der Waals surface area contributed by atoms with Gasteiger partial charge in [0.25, 0.3) is 5.56 Å². The van der Waals surface area contributed by atoms with Crippen LogP contribution in [0.15, 0.2) is 47.3 Å². The largest absolute Gasteiger partial charge is 0.465 e. The van der Waals surface area contributed by atoms with E-state index in [4.69, 9.17) is 0 Å². The molecule has 0 aliphatic heterocycles. The number of nitrogens with one attached hydrogen (secondary N) is 1. The van der Waals surface area contributed by atoms with Crippen molar-refractivity contribution in [2.24, 2.45) is 0 Å². The highest BCUT2D eigenvalue weighted by Gasteiger charge is 2.14. The number of ether oxygens (including phenoxy) is 1. The highest BCUT2D eigenvalue weighted by Crippen LogP contribution is 2.16.